The first-order valence-corrected chi connectivity index (χ1v) is 9.25. The minimum atomic E-state index is 0.163. The first-order chi connectivity index (χ1) is 12.2. The average molecular weight is 362 g/mol. The number of halogens is 1. The number of benzene rings is 1. The van der Waals surface area contributed by atoms with Crippen molar-refractivity contribution in [2.75, 3.05) is 40.0 Å². The van der Waals surface area contributed by atoms with Crippen molar-refractivity contribution < 1.29 is 9.47 Å². The largest absolute Gasteiger partial charge is 0.497 e. The molecule has 0 radical (unpaired) electrons. The van der Waals surface area contributed by atoms with Crippen LogP contribution in [0.15, 0.2) is 24.3 Å². The Hall–Kier alpha value is -1.40. The van der Waals surface area contributed by atoms with Gasteiger partial charge in [-0.05, 0) is 50.2 Å². The molecule has 25 heavy (non-hydrogen) atoms. The third kappa shape index (κ3) is 3.34. The van der Waals surface area contributed by atoms with Crippen LogP contribution in [0.2, 0.25) is 5.15 Å². The maximum Gasteiger partial charge on any atom is 0.134 e. The van der Waals surface area contributed by atoms with E-state index in [9.17, 15) is 0 Å². The van der Waals surface area contributed by atoms with Crippen LogP contribution in [0.1, 0.15) is 18.4 Å². The lowest BCUT2D eigenvalue weighted by Crippen LogP contribution is -2.66. The van der Waals surface area contributed by atoms with Gasteiger partial charge in [0.1, 0.15) is 10.9 Å². The summed E-state index contributed by atoms with van der Waals surface area (Å²) in [5.41, 5.74) is 2.06. The van der Waals surface area contributed by atoms with Gasteiger partial charge in [0.2, 0.25) is 0 Å². The number of hydrogen-bond acceptors (Lipinski definition) is 5. The highest BCUT2D eigenvalue weighted by molar-refractivity contribution is 6.30. The molecule has 0 bridgehead atoms. The molecule has 0 spiro atoms. The average Bonchev–Trinajstić information content (AvgIpc) is 3.12. The van der Waals surface area contributed by atoms with Gasteiger partial charge in [-0.1, -0.05) is 11.6 Å². The Labute approximate surface area is 153 Å². The summed E-state index contributed by atoms with van der Waals surface area (Å²) in [6.07, 6.45) is 2.59. The fourth-order valence-corrected chi connectivity index (χ4v) is 3.99. The van der Waals surface area contributed by atoms with Crippen LogP contribution in [0, 0.1) is 0 Å². The highest BCUT2D eigenvalue weighted by Gasteiger charge is 2.44. The first-order valence-electron chi connectivity index (χ1n) is 8.87. The van der Waals surface area contributed by atoms with Crippen LogP contribution < -0.4 is 10.1 Å². The molecule has 2 aromatic rings. The SMILES string of the molecule is COc1ccc2nc(Cl)c(CNCC3(N4CCCC4)COC3)cc2c1. The predicted octanol–water partition coefficient (Wildman–Crippen LogP) is 2.85. The quantitative estimate of drug-likeness (QED) is 0.802. The number of fused-ring (bicyclic) bond motifs is 1. The second-order valence-electron chi connectivity index (χ2n) is 7.01. The Morgan fingerprint density at radius 3 is 2.76 bits per heavy atom. The monoisotopic (exact) mass is 361 g/mol. The molecule has 2 saturated heterocycles. The van der Waals surface area contributed by atoms with Crippen LogP contribution in [0.5, 0.6) is 5.75 Å². The molecule has 1 N–H and O–H groups in total. The smallest absolute Gasteiger partial charge is 0.134 e. The molecule has 2 fully saturated rings. The Morgan fingerprint density at radius 1 is 1.28 bits per heavy atom. The van der Waals surface area contributed by atoms with Crippen LogP contribution >= 0.6 is 11.6 Å². The summed E-state index contributed by atoms with van der Waals surface area (Å²) in [5.74, 6) is 0.829. The van der Waals surface area contributed by atoms with E-state index in [0.717, 1.165) is 42.0 Å². The summed E-state index contributed by atoms with van der Waals surface area (Å²) in [6, 6.07) is 7.93. The number of ether oxygens (including phenoxy) is 2. The van der Waals surface area contributed by atoms with Gasteiger partial charge in [0.15, 0.2) is 0 Å². The first kappa shape index (κ1) is 17.0. The molecule has 0 atom stereocenters. The predicted molar refractivity (Wildman–Crippen MR) is 99.4 cm³/mol. The van der Waals surface area contributed by atoms with Crippen LogP contribution in [-0.2, 0) is 11.3 Å². The Bertz CT molecular complexity index is 758. The van der Waals surface area contributed by atoms with Crippen molar-refractivity contribution in [1.82, 2.24) is 15.2 Å². The second-order valence-corrected chi connectivity index (χ2v) is 7.37. The summed E-state index contributed by atoms with van der Waals surface area (Å²) < 4.78 is 10.8. The van der Waals surface area contributed by atoms with Crippen molar-refractivity contribution in [2.45, 2.75) is 24.9 Å². The highest BCUT2D eigenvalue weighted by Crippen LogP contribution is 2.29. The zero-order valence-corrected chi connectivity index (χ0v) is 15.3. The van der Waals surface area contributed by atoms with Gasteiger partial charge in [-0.25, -0.2) is 4.98 Å². The molecule has 2 aliphatic heterocycles. The molecule has 0 aliphatic carbocycles. The zero-order valence-electron chi connectivity index (χ0n) is 14.6. The minimum Gasteiger partial charge on any atom is -0.497 e. The van der Waals surface area contributed by atoms with E-state index in [1.165, 1.54) is 25.9 Å². The van der Waals surface area contributed by atoms with Crippen molar-refractivity contribution in [3.63, 3.8) is 0 Å². The standard InChI is InChI=1S/C19H24ClN3O2/c1-24-16-4-5-17-14(9-16)8-15(18(20)22-17)10-21-11-19(12-25-13-19)23-6-2-3-7-23/h4-5,8-9,21H,2-3,6-7,10-13H2,1H3. The summed E-state index contributed by atoms with van der Waals surface area (Å²) in [7, 11) is 1.67. The van der Waals surface area contributed by atoms with E-state index in [2.05, 4.69) is 21.3 Å². The maximum atomic E-state index is 6.38. The molecule has 0 unspecified atom stereocenters. The lowest BCUT2D eigenvalue weighted by atomic mass is 9.95. The number of hydrogen-bond donors (Lipinski definition) is 1. The molecule has 1 aromatic carbocycles. The van der Waals surface area contributed by atoms with Gasteiger partial charge < -0.3 is 14.8 Å². The normalized spacial score (nSPS) is 19.9. The van der Waals surface area contributed by atoms with Gasteiger partial charge in [-0.2, -0.15) is 0 Å². The van der Waals surface area contributed by atoms with Gasteiger partial charge in [-0.15, -0.1) is 0 Å². The van der Waals surface area contributed by atoms with Gasteiger partial charge in [0.05, 0.1) is 31.4 Å². The van der Waals surface area contributed by atoms with Crippen molar-refractivity contribution >= 4 is 22.5 Å². The van der Waals surface area contributed by atoms with Crippen LogP contribution in [0.3, 0.4) is 0 Å². The number of nitrogens with zero attached hydrogens (tertiary/aromatic N) is 2. The molecule has 5 nitrogen and oxygen atoms in total. The van der Waals surface area contributed by atoms with Crippen LogP contribution in [0.25, 0.3) is 10.9 Å². The Balaban J connectivity index is 1.46. The Kier molecular flexibility index (Phi) is 4.82. The molecule has 2 aliphatic rings. The molecule has 3 heterocycles. The summed E-state index contributed by atoms with van der Waals surface area (Å²) >= 11 is 6.38. The van der Waals surface area contributed by atoms with Gasteiger partial charge >= 0.3 is 0 Å². The van der Waals surface area contributed by atoms with E-state index in [4.69, 9.17) is 21.1 Å². The molecule has 0 saturated carbocycles. The third-order valence-electron chi connectivity index (χ3n) is 5.34. The van der Waals surface area contributed by atoms with Crippen molar-refractivity contribution in [3.05, 3.63) is 35.0 Å². The van der Waals surface area contributed by atoms with Crippen molar-refractivity contribution in [2.24, 2.45) is 0 Å². The number of methoxy groups -OCH3 is 1. The van der Waals surface area contributed by atoms with Gasteiger partial charge in [-0.3, -0.25) is 4.90 Å². The third-order valence-corrected chi connectivity index (χ3v) is 5.66. The Morgan fingerprint density at radius 2 is 2.08 bits per heavy atom. The summed E-state index contributed by atoms with van der Waals surface area (Å²) in [4.78, 5) is 7.09. The lowest BCUT2D eigenvalue weighted by molar-refractivity contribution is -0.131. The van der Waals surface area contributed by atoms with Gasteiger partial charge in [0, 0.05) is 24.0 Å². The zero-order chi connectivity index (χ0) is 17.3. The van der Waals surface area contributed by atoms with Crippen molar-refractivity contribution in [3.8, 4) is 5.75 Å². The van der Waals surface area contributed by atoms with Crippen molar-refractivity contribution in [1.29, 1.82) is 0 Å². The number of rotatable bonds is 6. The topological polar surface area (TPSA) is 46.6 Å². The molecule has 134 valence electrons. The van der Waals surface area contributed by atoms with Crippen LogP contribution in [-0.4, -0.2) is 55.4 Å². The van der Waals surface area contributed by atoms with E-state index in [1.807, 2.05) is 18.2 Å². The number of aromatic nitrogens is 1. The second kappa shape index (κ2) is 7.08. The van der Waals surface area contributed by atoms with E-state index in [0.29, 0.717) is 11.7 Å². The van der Waals surface area contributed by atoms with Gasteiger partial charge in [0.25, 0.3) is 0 Å². The molecule has 6 heteroatoms. The summed E-state index contributed by atoms with van der Waals surface area (Å²) in [5, 5.41) is 5.18. The van der Waals surface area contributed by atoms with Crippen LogP contribution in [0.4, 0.5) is 0 Å². The van der Waals surface area contributed by atoms with E-state index in [-0.39, 0.29) is 5.54 Å². The number of likely N-dealkylation sites (tertiary alicyclic amines) is 1. The minimum absolute atomic E-state index is 0.163. The van der Waals surface area contributed by atoms with E-state index < -0.39 is 0 Å². The summed E-state index contributed by atoms with van der Waals surface area (Å²) in [6.45, 7) is 5.63. The molecule has 1 aromatic heterocycles. The fraction of sp³-hybridized carbons (Fsp3) is 0.526. The number of nitrogens with one attached hydrogen (secondary N) is 1. The van der Waals surface area contributed by atoms with E-state index in [1.54, 1.807) is 7.11 Å². The lowest BCUT2D eigenvalue weighted by Gasteiger charge is -2.48. The number of pyridine rings is 1. The van der Waals surface area contributed by atoms with E-state index >= 15 is 0 Å². The molecule has 0 amide bonds. The maximum absolute atomic E-state index is 6.38. The fourth-order valence-electron chi connectivity index (χ4n) is 3.78. The molecular formula is C19H24ClN3O2. The molecular weight excluding hydrogens is 338 g/mol. The molecule has 4 rings (SSSR count). The highest BCUT2D eigenvalue weighted by atomic mass is 35.5.